The summed E-state index contributed by atoms with van der Waals surface area (Å²) in [4.78, 5) is 0. The molecule has 0 saturated heterocycles. The third-order valence-corrected chi connectivity index (χ3v) is 2.66. The van der Waals surface area contributed by atoms with Gasteiger partial charge in [0.1, 0.15) is 5.75 Å². The molecule has 0 aliphatic carbocycles. The van der Waals surface area contributed by atoms with E-state index in [0.717, 1.165) is 5.56 Å². The van der Waals surface area contributed by atoms with Crippen LogP contribution in [0.2, 0.25) is 5.02 Å². The molecule has 13 heavy (non-hydrogen) atoms. The Balaban J connectivity index is 2.99. The van der Waals surface area contributed by atoms with Crippen molar-refractivity contribution in [2.75, 3.05) is 0 Å². The van der Waals surface area contributed by atoms with E-state index in [1.165, 1.54) is 6.07 Å². The van der Waals surface area contributed by atoms with Crippen molar-refractivity contribution in [2.24, 2.45) is 0 Å². The van der Waals surface area contributed by atoms with E-state index in [-0.39, 0.29) is 0 Å². The fourth-order valence-corrected chi connectivity index (χ4v) is 1.71. The van der Waals surface area contributed by atoms with Crippen molar-refractivity contribution in [1.29, 1.82) is 0 Å². The Labute approximate surface area is 81.6 Å². The molecule has 0 heterocycles. The molecule has 0 aliphatic rings. The molecule has 1 rings (SSSR count). The van der Waals surface area contributed by atoms with Gasteiger partial charge in [-0.1, -0.05) is 23.7 Å². The van der Waals surface area contributed by atoms with Gasteiger partial charge in [-0.25, -0.2) is 0 Å². The number of rotatable bonds is 2. The summed E-state index contributed by atoms with van der Waals surface area (Å²) < 4.78 is 32.8. The average molecular weight is 223 g/mol. The van der Waals surface area contributed by atoms with Crippen molar-refractivity contribution in [1.82, 2.24) is 0 Å². The molecular formula is C8H8ClFO2S. The quantitative estimate of drug-likeness (QED) is 0.721. The lowest BCUT2D eigenvalue weighted by atomic mass is 10.2. The highest BCUT2D eigenvalue weighted by Crippen LogP contribution is 2.18. The van der Waals surface area contributed by atoms with Crippen molar-refractivity contribution in [3.8, 4) is 0 Å². The molecule has 0 saturated carbocycles. The van der Waals surface area contributed by atoms with Crippen LogP contribution in [0.15, 0.2) is 18.2 Å². The molecule has 0 N–H and O–H groups in total. The van der Waals surface area contributed by atoms with Gasteiger partial charge in [-0.3, -0.25) is 0 Å². The van der Waals surface area contributed by atoms with E-state index < -0.39 is 16.0 Å². The molecule has 0 fully saturated rings. The Kier molecular flexibility index (Phi) is 2.93. The van der Waals surface area contributed by atoms with Gasteiger partial charge in [-0.05, 0) is 24.1 Å². The van der Waals surface area contributed by atoms with Crippen molar-refractivity contribution in [3.05, 3.63) is 34.3 Å². The summed E-state index contributed by atoms with van der Waals surface area (Å²) in [7, 11) is -4.47. The Morgan fingerprint density at radius 1 is 1.46 bits per heavy atom. The normalized spacial score (nSPS) is 11.6. The molecule has 2 nitrogen and oxygen atoms in total. The molecule has 0 radical (unpaired) electrons. The van der Waals surface area contributed by atoms with E-state index in [0.29, 0.717) is 10.6 Å². The topological polar surface area (TPSA) is 34.1 Å². The smallest absolute Gasteiger partial charge is 0.194 e. The standard InChI is InChI=1S/C8H8ClFO2S/c1-6-2-3-7(4-8(6)9)5-13(10,11)12/h2-4H,5H2,1H3. The molecule has 0 amide bonds. The van der Waals surface area contributed by atoms with E-state index in [1.807, 2.05) is 0 Å². The Morgan fingerprint density at radius 3 is 2.54 bits per heavy atom. The summed E-state index contributed by atoms with van der Waals surface area (Å²) in [6, 6.07) is 4.65. The van der Waals surface area contributed by atoms with Gasteiger partial charge < -0.3 is 0 Å². The monoisotopic (exact) mass is 222 g/mol. The molecule has 0 unspecified atom stereocenters. The fourth-order valence-electron chi connectivity index (χ4n) is 0.925. The predicted octanol–water partition coefficient (Wildman–Crippen LogP) is 2.45. The lowest BCUT2D eigenvalue weighted by molar-refractivity contribution is 0.551. The minimum atomic E-state index is -4.47. The summed E-state index contributed by atoms with van der Waals surface area (Å²) in [6.45, 7) is 1.79. The fraction of sp³-hybridized carbons (Fsp3) is 0.250. The molecule has 0 bridgehead atoms. The van der Waals surface area contributed by atoms with Gasteiger partial charge in [0, 0.05) is 5.02 Å². The van der Waals surface area contributed by atoms with Crippen LogP contribution in [0.3, 0.4) is 0 Å². The van der Waals surface area contributed by atoms with Crippen LogP contribution in [0.4, 0.5) is 3.89 Å². The van der Waals surface area contributed by atoms with Crippen molar-refractivity contribution in [2.45, 2.75) is 12.7 Å². The largest absolute Gasteiger partial charge is 0.306 e. The first-order valence-electron chi connectivity index (χ1n) is 3.56. The first-order chi connectivity index (χ1) is 5.88. The molecular weight excluding hydrogens is 215 g/mol. The van der Waals surface area contributed by atoms with Gasteiger partial charge in [0.25, 0.3) is 0 Å². The minimum absolute atomic E-state index is 0.359. The van der Waals surface area contributed by atoms with Crippen LogP contribution in [-0.2, 0) is 16.0 Å². The predicted molar refractivity (Wildman–Crippen MR) is 49.9 cm³/mol. The maximum Gasteiger partial charge on any atom is 0.306 e. The van der Waals surface area contributed by atoms with Crippen LogP contribution < -0.4 is 0 Å². The van der Waals surface area contributed by atoms with Crippen LogP contribution in [-0.4, -0.2) is 8.42 Å². The Hall–Kier alpha value is -0.610. The molecule has 0 aliphatic heterocycles. The van der Waals surface area contributed by atoms with Crippen molar-refractivity contribution >= 4 is 21.8 Å². The first-order valence-corrected chi connectivity index (χ1v) is 5.49. The zero-order valence-corrected chi connectivity index (χ0v) is 8.49. The summed E-state index contributed by atoms with van der Waals surface area (Å²) in [5.74, 6) is -0.618. The maximum absolute atomic E-state index is 12.2. The highest BCUT2D eigenvalue weighted by Gasteiger charge is 2.09. The highest BCUT2D eigenvalue weighted by molar-refractivity contribution is 7.85. The minimum Gasteiger partial charge on any atom is -0.194 e. The van der Waals surface area contributed by atoms with Crippen molar-refractivity contribution in [3.63, 3.8) is 0 Å². The van der Waals surface area contributed by atoms with Gasteiger partial charge in [0.15, 0.2) is 0 Å². The van der Waals surface area contributed by atoms with Crippen LogP contribution in [0, 0.1) is 6.92 Å². The second kappa shape index (κ2) is 3.64. The number of aryl methyl sites for hydroxylation is 1. The number of hydrogen-bond donors (Lipinski definition) is 0. The molecule has 1 aromatic rings. The van der Waals surface area contributed by atoms with Crippen molar-refractivity contribution < 1.29 is 12.3 Å². The van der Waals surface area contributed by atoms with E-state index >= 15 is 0 Å². The second-order valence-electron chi connectivity index (χ2n) is 2.77. The summed E-state index contributed by atoms with van der Waals surface area (Å²) in [5, 5.41) is 0.446. The van der Waals surface area contributed by atoms with E-state index in [2.05, 4.69) is 0 Å². The van der Waals surface area contributed by atoms with E-state index in [1.54, 1.807) is 19.1 Å². The molecule has 0 spiro atoms. The van der Waals surface area contributed by atoms with Gasteiger partial charge in [0.2, 0.25) is 0 Å². The van der Waals surface area contributed by atoms with Crippen LogP contribution >= 0.6 is 11.6 Å². The zero-order valence-electron chi connectivity index (χ0n) is 6.92. The van der Waals surface area contributed by atoms with Gasteiger partial charge >= 0.3 is 10.2 Å². The molecule has 0 atom stereocenters. The molecule has 5 heteroatoms. The van der Waals surface area contributed by atoms with E-state index in [4.69, 9.17) is 11.6 Å². The highest BCUT2D eigenvalue weighted by atomic mass is 35.5. The van der Waals surface area contributed by atoms with Gasteiger partial charge in [-0.2, -0.15) is 8.42 Å². The number of hydrogen-bond acceptors (Lipinski definition) is 2. The SMILES string of the molecule is Cc1ccc(CS(=O)(=O)F)cc1Cl. The Morgan fingerprint density at radius 2 is 2.08 bits per heavy atom. The third-order valence-electron chi connectivity index (χ3n) is 1.58. The molecule has 1 aromatic carbocycles. The van der Waals surface area contributed by atoms with E-state index in [9.17, 15) is 12.3 Å². The second-order valence-corrected chi connectivity index (χ2v) is 4.54. The van der Waals surface area contributed by atoms with Crippen LogP contribution in [0.25, 0.3) is 0 Å². The molecule has 72 valence electrons. The van der Waals surface area contributed by atoms with Crippen LogP contribution in [0.1, 0.15) is 11.1 Å². The average Bonchev–Trinajstić information content (AvgIpc) is 1.94. The third kappa shape index (κ3) is 3.32. The maximum atomic E-state index is 12.2. The summed E-state index contributed by atoms with van der Waals surface area (Å²) in [5.41, 5.74) is 1.19. The summed E-state index contributed by atoms with van der Waals surface area (Å²) in [6.07, 6.45) is 0. The lowest BCUT2D eigenvalue weighted by Gasteiger charge is -2.00. The molecule has 0 aromatic heterocycles. The van der Waals surface area contributed by atoms with Crippen LogP contribution in [0.5, 0.6) is 0 Å². The number of benzene rings is 1. The van der Waals surface area contributed by atoms with Gasteiger partial charge in [-0.15, -0.1) is 3.89 Å². The lowest BCUT2D eigenvalue weighted by Crippen LogP contribution is -1.96. The first kappa shape index (κ1) is 10.5. The summed E-state index contributed by atoms with van der Waals surface area (Å²) >= 11 is 5.73. The zero-order chi connectivity index (χ0) is 10.1. The Bertz CT molecular complexity index is 414. The van der Waals surface area contributed by atoms with Gasteiger partial charge in [0.05, 0.1) is 0 Å². The number of halogens is 2.